The molecule has 116 valence electrons. The van der Waals surface area contributed by atoms with Crippen LogP contribution in [0.15, 0.2) is 18.2 Å². The zero-order valence-corrected chi connectivity index (χ0v) is 12.9. The Bertz CT molecular complexity index is 448. The highest BCUT2D eigenvalue weighted by molar-refractivity contribution is 5.11. The van der Waals surface area contributed by atoms with Gasteiger partial charge in [0.15, 0.2) is 0 Å². The molecule has 0 spiro atoms. The molecule has 21 heavy (non-hydrogen) atoms. The van der Waals surface area contributed by atoms with E-state index in [1.165, 1.54) is 19.3 Å². The van der Waals surface area contributed by atoms with Crippen LogP contribution in [0.1, 0.15) is 49.9 Å². The zero-order valence-electron chi connectivity index (χ0n) is 12.9. The predicted molar refractivity (Wildman–Crippen MR) is 81.9 cm³/mol. The maximum absolute atomic E-state index is 6.03. The molecule has 2 unspecified atom stereocenters. The molecule has 0 aliphatic heterocycles. The van der Waals surface area contributed by atoms with Crippen LogP contribution in [0, 0.1) is 0 Å². The number of nitrogens with zero attached hydrogens (tertiary/aromatic N) is 1. The predicted octanol–water partition coefficient (Wildman–Crippen LogP) is 2.81. The summed E-state index contributed by atoms with van der Waals surface area (Å²) in [5.74, 6) is 0. The summed E-state index contributed by atoms with van der Waals surface area (Å²) < 4.78 is 11.5. The molecule has 3 rings (SSSR count). The molecular weight excluding hydrogens is 264 g/mol. The van der Waals surface area contributed by atoms with Crippen molar-refractivity contribution in [2.75, 3.05) is 7.11 Å². The highest BCUT2D eigenvalue weighted by Crippen LogP contribution is 2.24. The van der Waals surface area contributed by atoms with Gasteiger partial charge in [-0.25, -0.2) is 0 Å². The fraction of sp³-hybridized carbons (Fsp3) is 0.706. The molecule has 0 saturated heterocycles. The molecule has 1 aromatic heterocycles. The molecule has 2 atom stereocenters. The molecule has 1 heterocycles. The van der Waals surface area contributed by atoms with Gasteiger partial charge in [-0.1, -0.05) is 6.07 Å². The average molecular weight is 290 g/mol. The Balaban J connectivity index is 1.46. The molecule has 4 heteroatoms. The highest BCUT2D eigenvalue weighted by atomic mass is 16.5. The monoisotopic (exact) mass is 290 g/mol. The summed E-state index contributed by atoms with van der Waals surface area (Å²) in [6.45, 7) is 1.48. The van der Waals surface area contributed by atoms with Crippen LogP contribution in [0.4, 0.5) is 0 Å². The van der Waals surface area contributed by atoms with Gasteiger partial charge < -0.3 is 14.8 Å². The third kappa shape index (κ3) is 4.77. The lowest BCUT2D eigenvalue weighted by Gasteiger charge is -2.28. The van der Waals surface area contributed by atoms with Gasteiger partial charge in [0.2, 0.25) is 0 Å². The fourth-order valence-electron chi connectivity index (χ4n) is 2.92. The molecule has 2 aliphatic rings. The molecule has 0 amide bonds. The lowest BCUT2D eigenvalue weighted by atomic mass is 9.95. The van der Waals surface area contributed by atoms with Gasteiger partial charge >= 0.3 is 0 Å². The van der Waals surface area contributed by atoms with Crippen LogP contribution in [0.5, 0.6) is 0 Å². The van der Waals surface area contributed by atoms with Crippen LogP contribution in [0.25, 0.3) is 0 Å². The topological polar surface area (TPSA) is 43.4 Å². The van der Waals surface area contributed by atoms with Crippen molar-refractivity contribution < 1.29 is 9.47 Å². The maximum atomic E-state index is 6.03. The lowest BCUT2D eigenvalue weighted by Crippen LogP contribution is -2.27. The quantitative estimate of drug-likeness (QED) is 0.838. The fourth-order valence-corrected chi connectivity index (χ4v) is 2.92. The summed E-state index contributed by atoms with van der Waals surface area (Å²) in [6.07, 6.45) is 7.82. The first kappa shape index (κ1) is 14.9. The first-order chi connectivity index (χ1) is 10.3. The number of hydrogen-bond donors (Lipinski definition) is 1. The summed E-state index contributed by atoms with van der Waals surface area (Å²) in [6, 6.07) is 6.94. The number of nitrogens with one attached hydrogen (secondary N) is 1. The molecule has 2 aliphatic carbocycles. The van der Waals surface area contributed by atoms with Gasteiger partial charge in [0.25, 0.3) is 0 Å². The minimum atomic E-state index is 0.318. The van der Waals surface area contributed by atoms with Gasteiger partial charge in [0.05, 0.1) is 30.2 Å². The zero-order chi connectivity index (χ0) is 14.5. The SMILES string of the molecule is COC1CCCC(OCc2cccc(CNC3CC3)n2)C1. The van der Waals surface area contributed by atoms with Crippen molar-refractivity contribution in [3.63, 3.8) is 0 Å². The van der Waals surface area contributed by atoms with E-state index in [1.807, 2.05) is 0 Å². The Labute approximate surface area is 127 Å². The number of methoxy groups -OCH3 is 1. The molecule has 2 saturated carbocycles. The van der Waals surface area contributed by atoms with E-state index in [1.54, 1.807) is 7.11 Å². The minimum Gasteiger partial charge on any atom is -0.381 e. The van der Waals surface area contributed by atoms with E-state index in [9.17, 15) is 0 Å². The summed E-state index contributed by atoms with van der Waals surface area (Å²) in [7, 11) is 1.80. The van der Waals surface area contributed by atoms with E-state index in [-0.39, 0.29) is 0 Å². The summed E-state index contributed by atoms with van der Waals surface area (Å²) in [5.41, 5.74) is 2.14. The van der Waals surface area contributed by atoms with Crippen LogP contribution >= 0.6 is 0 Å². The Morgan fingerprint density at radius 2 is 1.95 bits per heavy atom. The first-order valence-electron chi connectivity index (χ1n) is 8.16. The van der Waals surface area contributed by atoms with E-state index >= 15 is 0 Å². The summed E-state index contributed by atoms with van der Waals surface area (Å²) in [5, 5.41) is 3.50. The van der Waals surface area contributed by atoms with Gasteiger partial charge in [-0.15, -0.1) is 0 Å². The van der Waals surface area contributed by atoms with Crippen molar-refractivity contribution in [2.45, 2.75) is 69.9 Å². The third-order valence-corrected chi connectivity index (χ3v) is 4.39. The standard InChI is InChI=1S/C17H26N2O2/c1-20-16-6-3-7-17(10-16)21-12-15-5-2-4-14(19-15)11-18-13-8-9-13/h2,4-5,13,16-18H,3,6-12H2,1H3. The van der Waals surface area contributed by atoms with E-state index in [4.69, 9.17) is 9.47 Å². The van der Waals surface area contributed by atoms with Crippen LogP contribution in [0.3, 0.4) is 0 Å². The van der Waals surface area contributed by atoms with Crippen LogP contribution in [0.2, 0.25) is 0 Å². The van der Waals surface area contributed by atoms with Crippen LogP contribution in [-0.4, -0.2) is 30.3 Å². The van der Waals surface area contributed by atoms with E-state index < -0.39 is 0 Å². The molecular formula is C17H26N2O2. The van der Waals surface area contributed by atoms with Crippen molar-refractivity contribution in [1.29, 1.82) is 0 Å². The van der Waals surface area contributed by atoms with Crippen LogP contribution in [-0.2, 0) is 22.6 Å². The van der Waals surface area contributed by atoms with Gasteiger partial charge in [-0.05, 0) is 50.7 Å². The Morgan fingerprint density at radius 1 is 1.14 bits per heavy atom. The Kier molecular flexibility index (Phi) is 5.22. The number of hydrogen-bond acceptors (Lipinski definition) is 4. The minimum absolute atomic E-state index is 0.318. The third-order valence-electron chi connectivity index (χ3n) is 4.39. The number of aromatic nitrogens is 1. The lowest BCUT2D eigenvalue weighted by molar-refractivity contribution is -0.0372. The van der Waals surface area contributed by atoms with Crippen LogP contribution < -0.4 is 5.32 Å². The van der Waals surface area contributed by atoms with E-state index in [0.717, 1.165) is 43.2 Å². The van der Waals surface area contributed by atoms with Crippen molar-refractivity contribution >= 4 is 0 Å². The molecule has 1 aromatic rings. The van der Waals surface area contributed by atoms with E-state index in [2.05, 4.69) is 28.5 Å². The molecule has 0 radical (unpaired) electrons. The second-order valence-electron chi connectivity index (χ2n) is 6.23. The Hall–Kier alpha value is -0.970. The molecule has 4 nitrogen and oxygen atoms in total. The van der Waals surface area contributed by atoms with Gasteiger partial charge in [-0.2, -0.15) is 0 Å². The molecule has 0 aromatic carbocycles. The molecule has 0 bridgehead atoms. The van der Waals surface area contributed by atoms with E-state index in [0.29, 0.717) is 18.8 Å². The van der Waals surface area contributed by atoms with Crippen molar-refractivity contribution in [3.05, 3.63) is 29.6 Å². The second kappa shape index (κ2) is 7.34. The maximum Gasteiger partial charge on any atom is 0.0891 e. The number of rotatable bonds is 7. The summed E-state index contributed by atoms with van der Waals surface area (Å²) in [4.78, 5) is 4.68. The van der Waals surface area contributed by atoms with Crippen molar-refractivity contribution in [2.24, 2.45) is 0 Å². The van der Waals surface area contributed by atoms with Crippen molar-refractivity contribution in [3.8, 4) is 0 Å². The molecule has 1 N–H and O–H groups in total. The number of pyridine rings is 1. The average Bonchev–Trinajstić information content (AvgIpc) is 3.36. The van der Waals surface area contributed by atoms with Gasteiger partial charge in [0, 0.05) is 19.7 Å². The van der Waals surface area contributed by atoms with Gasteiger partial charge in [-0.3, -0.25) is 4.98 Å². The number of ether oxygens (including phenoxy) is 2. The summed E-state index contributed by atoms with van der Waals surface area (Å²) >= 11 is 0. The highest BCUT2D eigenvalue weighted by Gasteiger charge is 2.22. The largest absolute Gasteiger partial charge is 0.381 e. The van der Waals surface area contributed by atoms with Crippen molar-refractivity contribution in [1.82, 2.24) is 10.3 Å². The first-order valence-corrected chi connectivity index (χ1v) is 8.16. The molecule has 2 fully saturated rings. The second-order valence-corrected chi connectivity index (χ2v) is 6.23. The van der Waals surface area contributed by atoms with Gasteiger partial charge in [0.1, 0.15) is 0 Å². The Morgan fingerprint density at radius 3 is 2.76 bits per heavy atom. The smallest absolute Gasteiger partial charge is 0.0891 e. The normalized spacial score (nSPS) is 26.0.